The molecule has 5 nitrogen and oxygen atoms in total. The average molecular weight is 294 g/mol. The number of carbonyl (C=O) groups excluding carboxylic acids is 1. The second kappa shape index (κ2) is 6.25. The van der Waals surface area contributed by atoms with Crippen molar-refractivity contribution < 1.29 is 19.1 Å². The molecule has 2 rings (SSSR count). The summed E-state index contributed by atoms with van der Waals surface area (Å²) in [5.74, 6) is -1.36. The first kappa shape index (κ1) is 14.1. The van der Waals surface area contributed by atoms with Crippen molar-refractivity contribution in [1.82, 2.24) is 5.32 Å². The van der Waals surface area contributed by atoms with Crippen LogP contribution >= 0.6 is 11.6 Å². The smallest absolute Gasteiger partial charge is 0.305 e. The van der Waals surface area contributed by atoms with E-state index >= 15 is 0 Å². The van der Waals surface area contributed by atoms with Crippen molar-refractivity contribution in [3.05, 3.63) is 59.0 Å². The van der Waals surface area contributed by atoms with Crippen molar-refractivity contribution in [2.45, 2.75) is 12.5 Å². The minimum Gasteiger partial charge on any atom is -0.481 e. The van der Waals surface area contributed by atoms with Gasteiger partial charge in [-0.2, -0.15) is 0 Å². The summed E-state index contributed by atoms with van der Waals surface area (Å²) in [4.78, 5) is 22.9. The van der Waals surface area contributed by atoms with Crippen LogP contribution in [0.3, 0.4) is 0 Å². The minimum atomic E-state index is -1.02. The molecule has 6 heteroatoms. The van der Waals surface area contributed by atoms with Crippen molar-refractivity contribution in [3.63, 3.8) is 0 Å². The zero-order valence-electron chi connectivity index (χ0n) is 10.4. The third kappa shape index (κ3) is 3.61. The number of hydrogen-bond acceptors (Lipinski definition) is 3. The van der Waals surface area contributed by atoms with Gasteiger partial charge in [0.2, 0.25) is 0 Å². The molecule has 0 radical (unpaired) electrons. The van der Waals surface area contributed by atoms with Gasteiger partial charge in [0.1, 0.15) is 0 Å². The summed E-state index contributed by atoms with van der Waals surface area (Å²) in [5, 5.41) is 12.0. The number of carboxylic acids is 1. The summed E-state index contributed by atoms with van der Waals surface area (Å²) in [7, 11) is 0. The Kier molecular flexibility index (Phi) is 4.42. The lowest BCUT2D eigenvalue weighted by Crippen LogP contribution is -2.29. The van der Waals surface area contributed by atoms with Gasteiger partial charge in [-0.25, -0.2) is 0 Å². The van der Waals surface area contributed by atoms with Gasteiger partial charge in [0.15, 0.2) is 5.76 Å². The number of hydrogen-bond donors (Lipinski definition) is 2. The Hall–Kier alpha value is -2.27. The number of carboxylic acid groups (broad SMARTS) is 1. The third-order valence-corrected chi connectivity index (χ3v) is 2.92. The van der Waals surface area contributed by atoms with Gasteiger partial charge in [-0.3, -0.25) is 9.59 Å². The molecule has 0 spiro atoms. The van der Waals surface area contributed by atoms with Gasteiger partial charge in [-0.05, 0) is 29.8 Å². The first-order valence-electron chi connectivity index (χ1n) is 5.88. The second-order valence-corrected chi connectivity index (χ2v) is 4.59. The van der Waals surface area contributed by atoms with E-state index in [9.17, 15) is 9.59 Å². The highest BCUT2D eigenvalue weighted by atomic mass is 35.5. The Morgan fingerprint density at radius 1 is 1.30 bits per heavy atom. The van der Waals surface area contributed by atoms with Gasteiger partial charge in [0.25, 0.3) is 5.91 Å². The van der Waals surface area contributed by atoms with Crippen LogP contribution in [-0.4, -0.2) is 17.0 Å². The topological polar surface area (TPSA) is 79.5 Å². The summed E-state index contributed by atoms with van der Waals surface area (Å²) in [6, 6.07) is 9.12. The molecule has 1 amide bonds. The van der Waals surface area contributed by atoms with Gasteiger partial charge >= 0.3 is 5.97 Å². The van der Waals surface area contributed by atoms with Crippen LogP contribution in [0.25, 0.3) is 0 Å². The van der Waals surface area contributed by atoms with Crippen molar-refractivity contribution in [2.75, 3.05) is 0 Å². The summed E-state index contributed by atoms with van der Waals surface area (Å²) in [6.45, 7) is 0. The lowest BCUT2D eigenvalue weighted by Gasteiger charge is -2.17. The van der Waals surface area contributed by atoms with Crippen molar-refractivity contribution in [2.24, 2.45) is 0 Å². The molecule has 1 heterocycles. The third-order valence-electron chi connectivity index (χ3n) is 2.68. The molecule has 20 heavy (non-hydrogen) atoms. The molecule has 0 saturated heterocycles. The molecule has 2 aromatic rings. The number of benzene rings is 1. The van der Waals surface area contributed by atoms with E-state index in [1.807, 2.05) is 0 Å². The van der Waals surface area contributed by atoms with Gasteiger partial charge < -0.3 is 14.8 Å². The maximum Gasteiger partial charge on any atom is 0.305 e. The van der Waals surface area contributed by atoms with Gasteiger partial charge in [0.05, 0.1) is 18.7 Å². The Labute approximate surface area is 120 Å². The molecule has 0 bridgehead atoms. The first-order chi connectivity index (χ1) is 9.56. The summed E-state index contributed by atoms with van der Waals surface area (Å²) in [6.07, 6.45) is 1.13. The molecule has 1 aromatic carbocycles. The number of halogens is 1. The molecule has 0 fully saturated rings. The quantitative estimate of drug-likeness (QED) is 0.888. The molecule has 0 unspecified atom stereocenters. The SMILES string of the molecule is O=C(O)C[C@H](NC(=O)c1ccco1)c1cccc(Cl)c1. The van der Waals surface area contributed by atoms with Crippen LogP contribution < -0.4 is 5.32 Å². The van der Waals surface area contributed by atoms with Crippen LogP contribution in [0.15, 0.2) is 47.1 Å². The van der Waals surface area contributed by atoms with E-state index in [0.717, 1.165) is 0 Å². The predicted octanol–water partition coefficient (Wildman–Crippen LogP) is 2.88. The van der Waals surface area contributed by atoms with Crippen molar-refractivity contribution in [1.29, 1.82) is 0 Å². The second-order valence-electron chi connectivity index (χ2n) is 4.16. The van der Waals surface area contributed by atoms with E-state index < -0.39 is 17.9 Å². The van der Waals surface area contributed by atoms with Gasteiger partial charge in [0, 0.05) is 5.02 Å². The van der Waals surface area contributed by atoms with Crippen LogP contribution in [0.5, 0.6) is 0 Å². The van der Waals surface area contributed by atoms with Gasteiger partial charge in [-0.1, -0.05) is 23.7 Å². The maximum atomic E-state index is 11.9. The lowest BCUT2D eigenvalue weighted by molar-refractivity contribution is -0.137. The van der Waals surface area contributed by atoms with Crippen LogP contribution in [0.4, 0.5) is 0 Å². The molecule has 2 N–H and O–H groups in total. The molecule has 1 atom stereocenters. The summed E-state index contributed by atoms with van der Waals surface area (Å²) >= 11 is 5.88. The molecular weight excluding hydrogens is 282 g/mol. The van der Waals surface area contributed by atoms with E-state index in [1.165, 1.54) is 12.3 Å². The number of carbonyl (C=O) groups is 2. The fraction of sp³-hybridized carbons (Fsp3) is 0.143. The highest BCUT2D eigenvalue weighted by Crippen LogP contribution is 2.21. The number of amides is 1. The number of nitrogens with one attached hydrogen (secondary N) is 1. The molecule has 0 saturated carbocycles. The summed E-state index contributed by atoms with van der Waals surface area (Å²) in [5.41, 5.74) is 0.625. The highest BCUT2D eigenvalue weighted by molar-refractivity contribution is 6.30. The summed E-state index contributed by atoms with van der Waals surface area (Å²) < 4.78 is 4.98. The molecule has 104 valence electrons. The Balaban J connectivity index is 2.20. The Morgan fingerprint density at radius 3 is 2.70 bits per heavy atom. The van der Waals surface area contributed by atoms with Crippen LogP contribution in [0.1, 0.15) is 28.6 Å². The molecule has 0 aliphatic heterocycles. The van der Waals surface area contributed by atoms with E-state index in [1.54, 1.807) is 30.3 Å². The fourth-order valence-electron chi connectivity index (χ4n) is 1.79. The van der Waals surface area contributed by atoms with Crippen LogP contribution in [0.2, 0.25) is 5.02 Å². The Bertz CT molecular complexity index is 609. The van der Waals surface area contributed by atoms with Crippen LogP contribution in [0, 0.1) is 0 Å². The zero-order valence-corrected chi connectivity index (χ0v) is 11.1. The number of rotatable bonds is 5. The highest BCUT2D eigenvalue weighted by Gasteiger charge is 2.20. The predicted molar refractivity (Wildman–Crippen MR) is 72.6 cm³/mol. The van der Waals surface area contributed by atoms with E-state index in [2.05, 4.69) is 5.32 Å². The average Bonchev–Trinajstić information content (AvgIpc) is 2.91. The maximum absolute atomic E-state index is 11.9. The lowest BCUT2D eigenvalue weighted by atomic mass is 10.0. The Morgan fingerprint density at radius 2 is 2.10 bits per heavy atom. The minimum absolute atomic E-state index is 0.127. The standard InChI is InChI=1S/C14H12ClNO4/c15-10-4-1-3-9(7-10)11(8-13(17)18)16-14(19)12-5-2-6-20-12/h1-7,11H,8H2,(H,16,19)(H,17,18)/t11-/m0/s1. The van der Waals surface area contributed by atoms with Crippen molar-refractivity contribution >= 4 is 23.5 Å². The fourth-order valence-corrected chi connectivity index (χ4v) is 1.99. The largest absolute Gasteiger partial charge is 0.481 e. The molecule has 0 aliphatic rings. The van der Waals surface area contributed by atoms with Crippen molar-refractivity contribution in [3.8, 4) is 0 Å². The van der Waals surface area contributed by atoms with Crippen LogP contribution in [-0.2, 0) is 4.79 Å². The number of aliphatic carboxylic acids is 1. The van der Waals surface area contributed by atoms with Gasteiger partial charge in [-0.15, -0.1) is 0 Å². The normalized spacial score (nSPS) is 11.8. The van der Waals surface area contributed by atoms with E-state index in [0.29, 0.717) is 10.6 Å². The molecule has 1 aromatic heterocycles. The first-order valence-corrected chi connectivity index (χ1v) is 6.25. The van der Waals surface area contributed by atoms with E-state index in [-0.39, 0.29) is 12.2 Å². The molecular formula is C14H12ClNO4. The van der Waals surface area contributed by atoms with E-state index in [4.69, 9.17) is 21.1 Å². The molecule has 0 aliphatic carbocycles. The zero-order chi connectivity index (χ0) is 14.5. The number of furan rings is 1. The monoisotopic (exact) mass is 293 g/mol.